The first kappa shape index (κ1) is 19.8. The van der Waals surface area contributed by atoms with Crippen LogP contribution in [0.25, 0.3) is 0 Å². The monoisotopic (exact) mass is 348 g/mol. The normalized spacial score (nSPS) is 24.5. The first-order valence-electron chi connectivity index (χ1n) is 10.2. The van der Waals surface area contributed by atoms with Gasteiger partial charge in [-0.05, 0) is 52.8 Å². The molecule has 0 aromatic rings. The molecule has 1 unspecified atom stereocenters. The van der Waals surface area contributed by atoms with Crippen LogP contribution >= 0.6 is 0 Å². The third-order valence-electron chi connectivity index (χ3n) is 6.72. The van der Waals surface area contributed by atoms with Crippen molar-refractivity contribution in [3.8, 4) is 0 Å². The van der Waals surface area contributed by atoms with Gasteiger partial charge in [0.15, 0.2) is 0 Å². The van der Waals surface area contributed by atoms with E-state index in [0.29, 0.717) is 22.5 Å². The molecule has 0 aromatic heterocycles. The van der Waals surface area contributed by atoms with Gasteiger partial charge in [-0.25, -0.2) is 0 Å². The molecule has 1 atom stereocenters. The predicted octanol–water partition coefficient (Wildman–Crippen LogP) is 7.61. The Kier molecular flexibility index (Phi) is 6.11. The van der Waals surface area contributed by atoms with E-state index < -0.39 is 8.32 Å². The van der Waals surface area contributed by atoms with E-state index in [0.717, 1.165) is 6.42 Å². The van der Waals surface area contributed by atoms with E-state index >= 15 is 0 Å². The van der Waals surface area contributed by atoms with E-state index in [1.165, 1.54) is 31.4 Å². The van der Waals surface area contributed by atoms with Gasteiger partial charge < -0.3 is 4.43 Å². The molecule has 0 spiro atoms. The second-order valence-corrected chi connectivity index (χ2v) is 15.0. The van der Waals surface area contributed by atoms with Crippen LogP contribution in [0.4, 0.5) is 0 Å². The van der Waals surface area contributed by atoms with Gasteiger partial charge in [0.2, 0.25) is 0 Å². The highest BCUT2D eigenvalue weighted by Gasteiger charge is 2.48. The van der Waals surface area contributed by atoms with Gasteiger partial charge >= 0.3 is 0 Å². The maximum absolute atomic E-state index is 7.17. The van der Waals surface area contributed by atoms with Crippen molar-refractivity contribution < 1.29 is 4.43 Å². The number of hydrogen-bond donors (Lipinski definition) is 0. The minimum atomic E-state index is -1.85. The topological polar surface area (TPSA) is 9.23 Å². The van der Waals surface area contributed by atoms with Crippen molar-refractivity contribution in [2.45, 2.75) is 104 Å². The van der Waals surface area contributed by atoms with E-state index in [1.54, 1.807) is 5.57 Å². The Labute approximate surface area is 152 Å². The van der Waals surface area contributed by atoms with Gasteiger partial charge in [-0.2, -0.15) is 0 Å². The second-order valence-electron chi connectivity index (χ2n) is 9.59. The summed E-state index contributed by atoms with van der Waals surface area (Å²) in [5.74, 6) is 2.04. The van der Waals surface area contributed by atoms with Crippen LogP contribution in [-0.2, 0) is 4.43 Å². The summed E-state index contributed by atoms with van der Waals surface area (Å²) in [6, 6.07) is 0. The zero-order valence-electron chi connectivity index (χ0n) is 17.4. The standard InChI is InChI=1S/C22H40OSi/c1-16(2)24(17(3)4,18(5)6)23-21-14-11-15-22(7,8)20-13-10-9-12-19(20)21/h11,15-18,20H,9-10,12-14H2,1-8H3. The average Bonchev–Trinajstić information content (AvgIpc) is 2.61. The summed E-state index contributed by atoms with van der Waals surface area (Å²) in [7, 11) is -1.85. The smallest absolute Gasteiger partial charge is 0.258 e. The fraction of sp³-hybridized carbons (Fsp3) is 0.818. The molecule has 1 saturated carbocycles. The van der Waals surface area contributed by atoms with Gasteiger partial charge in [0, 0.05) is 6.42 Å². The summed E-state index contributed by atoms with van der Waals surface area (Å²) >= 11 is 0. The molecule has 0 bridgehead atoms. The molecule has 24 heavy (non-hydrogen) atoms. The second kappa shape index (κ2) is 7.39. The van der Waals surface area contributed by atoms with Crippen molar-refractivity contribution in [2.24, 2.45) is 11.3 Å². The first-order valence-corrected chi connectivity index (χ1v) is 12.4. The Morgan fingerprint density at radius 2 is 1.58 bits per heavy atom. The van der Waals surface area contributed by atoms with Crippen molar-refractivity contribution >= 4 is 8.32 Å². The van der Waals surface area contributed by atoms with Crippen LogP contribution in [0, 0.1) is 11.3 Å². The Balaban J connectivity index is 2.47. The third-order valence-corrected chi connectivity index (χ3v) is 12.7. The molecule has 2 aliphatic rings. The molecular formula is C22H40OSi. The van der Waals surface area contributed by atoms with Crippen LogP contribution < -0.4 is 0 Å². The molecule has 0 radical (unpaired) electrons. The summed E-state index contributed by atoms with van der Waals surface area (Å²) in [6.07, 6.45) is 11.2. The van der Waals surface area contributed by atoms with Gasteiger partial charge in [-0.15, -0.1) is 0 Å². The molecule has 1 nitrogen and oxygen atoms in total. The van der Waals surface area contributed by atoms with E-state index in [9.17, 15) is 0 Å². The molecule has 0 N–H and O–H groups in total. The third kappa shape index (κ3) is 3.54. The Morgan fingerprint density at radius 1 is 1.00 bits per heavy atom. The van der Waals surface area contributed by atoms with E-state index in [1.807, 2.05) is 0 Å². The fourth-order valence-corrected chi connectivity index (χ4v) is 10.9. The van der Waals surface area contributed by atoms with Crippen LogP contribution in [0.3, 0.4) is 0 Å². The number of rotatable bonds is 5. The summed E-state index contributed by atoms with van der Waals surface area (Å²) in [5.41, 5.74) is 3.88. The van der Waals surface area contributed by atoms with Crippen LogP contribution in [0.2, 0.25) is 16.6 Å². The zero-order valence-corrected chi connectivity index (χ0v) is 18.4. The molecule has 2 aliphatic carbocycles. The minimum Gasteiger partial charge on any atom is -0.545 e. The number of hydrogen-bond acceptors (Lipinski definition) is 1. The summed E-state index contributed by atoms with van der Waals surface area (Å²) in [6.45, 7) is 19.2. The van der Waals surface area contributed by atoms with Gasteiger partial charge in [-0.1, -0.05) is 74.0 Å². The van der Waals surface area contributed by atoms with E-state index in [-0.39, 0.29) is 5.41 Å². The summed E-state index contributed by atoms with van der Waals surface area (Å²) < 4.78 is 7.17. The van der Waals surface area contributed by atoms with Crippen molar-refractivity contribution in [3.63, 3.8) is 0 Å². The van der Waals surface area contributed by atoms with Crippen LogP contribution in [0.5, 0.6) is 0 Å². The number of fused-ring (bicyclic) bond motifs is 1. The highest BCUT2D eigenvalue weighted by molar-refractivity contribution is 6.77. The lowest BCUT2D eigenvalue weighted by molar-refractivity contribution is 0.257. The Morgan fingerprint density at radius 3 is 2.12 bits per heavy atom. The quantitative estimate of drug-likeness (QED) is 0.367. The highest BCUT2D eigenvalue weighted by Crippen LogP contribution is 2.50. The van der Waals surface area contributed by atoms with E-state index in [4.69, 9.17) is 4.43 Å². The maximum Gasteiger partial charge on any atom is 0.258 e. The fourth-order valence-electron chi connectivity index (χ4n) is 5.56. The molecule has 0 saturated heterocycles. The summed E-state index contributed by atoms with van der Waals surface area (Å²) in [5, 5.41) is 0. The molecular weight excluding hydrogens is 308 g/mol. The lowest BCUT2D eigenvalue weighted by atomic mass is 9.69. The zero-order chi connectivity index (χ0) is 18.1. The molecule has 0 heterocycles. The van der Waals surface area contributed by atoms with E-state index in [2.05, 4.69) is 67.5 Å². The number of allylic oxidation sites excluding steroid dienone is 3. The Bertz CT molecular complexity index is 474. The van der Waals surface area contributed by atoms with Crippen molar-refractivity contribution in [1.29, 1.82) is 0 Å². The van der Waals surface area contributed by atoms with Gasteiger partial charge in [-0.3, -0.25) is 0 Å². The first-order chi connectivity index (χ1) is 11.1. The largest absolute Gasteiger partial charge is 0.545 e. The lowest BCUT2D eigenvalue weighted by Gasteiger charge is -2.44. The van der Waals surface area contributed by atoms with Crippen LogP contribution in [0.15, 0.2) is 23.5 Å². The van der Waals surface area contributed by atoms with Crippen molar-refractivity contribution in [1.82, 2.24) is 0 Å². The lowest BCUT2D eigenvalue weighted by Crippen LogP contribution is -2.47. The maximum atomic E-state index is 7.17. The van der Waals surface area contributed by atoms with Crippen LogP contribution in [-0.4, -0.2) is 8.32 Å². The molecule has 138 valence electrons. The molecule has 1 fully saturated rings. The molecule has 0 aliphatic heterocycles. The Hall–Kier alpha value is -0.503. The van der Waals surface area contributed by atoms with Crippen LogP contribution in [0.1, 0.15) is 87.5 Å². The highest BCUT2D eigenvalue weighted by atomic mass is 28.4. The average molecular weight is 349 g/mol. The van der Waals surface area contributed by atoms with Crippen molar-refractivity contribution in [2.75, 3.05) is 0 Å². The van der Waals surface area contributed by atoms with Gasteiger partial charge in [0.1, 0.15) is 0 Å². The van der Waals surface area contributed by atoms with Crippen molar-refractivity contribution in [3.05, 3.63) is 23.5 Å². The molecule has 2 rings (SSSR count). The minimum absolute atomic E-state index is 0.276. The molecule has 0 amide bonds. The SMILES string of the molecule is CC(C)[Si](OC1=C2CCCCC2C(C)(C)C=CC1)(C(C)C)C(C)C. The van der Waals surface area contributed by atoms with Gasteiger partial charge in [0.25, 0.3) is 8.32 Å². The molecule has 0 aromatic carbocycles. The summed E-state index contributed by atoms with van der Waals surface area (Å²) in [4.78, 5) is 0. The predicted molar refractivity (Wildman–Crippen MR) is 109 cm³/mol. The van der Waals surface area contributed by atoms with Gasteiger partial charge in [0.05, 0.1) is 5.76 Å². The molecule has 2 heteroatoms.